The number of fused-ring (bicyclic) bond motifs is 3. The van der Waals surface area contributed by atoms with Crippen LogP contribution in [-0.4, -0.2) is 25.8 Å². The van der Waals surface area contributed by atoms with Gasteiger partial charge in [0.15, 0.2) is 0 Å². The zero-order valence-corrected chi connectivity index (χ0v) is 21.3. The number of hydrogen-bond donors (Lipinski definition) is 1. The Bertz CT molecular complexity index is 1000. The summed E-state index contributed by atoms with van der Waals surface area (Å²) >= 11 is 0. The molecule has 0 unspecified atom stereocenters. The summed E-state index contributed by atoms with van der Waals surface area (Å²) in [4.78, 5) is 0. The van der Waals surface area contributed by atoms with E-state index in [2.05, 4.69) is 18.2 Å². The molecule has 1 aliphatic carbocycles. The monoisotopic (exact) mass is 448 g/mol. The van der Waals surface area contributed by atoms with Crippen LogP contribution in [0.2, 0.25) is 24.4 Å². The van der Waals surface area contributed by atoms with Crippen LogP contribution in [0.25, 0.3) is 11.1 Å². The van der Waals surface area contributed by atoms with Crippen LogP contribution in [0.15, 0.2) is 42.5 Å². The molecule has 1 aliphatic rings. The molecule has 3 rings (SSSR count). The fourth-order valence-corrected chi connectivity index (χ4v) is 27.5. The summed E-state index contributed by atoms with van der Waals surface area (Å²) in [6.07, 6.45) is 0.704. The van der Waals surface area contributed by atoms with Gasteiger partial charge in [-0.2, -0.15) is 0 Å². The summed E-state index contributed by atoms with van der Waals surface area (Å²) in [6, 6.07) is 14.5. The third-order valence-electron chi connectivity index (χ3n) is 7.05. The van der Waals surface area contributed by atoms with Gasteiger partial charge in [0.25, 0.3) is 0 Å². The van der Waals surface area contributed by atoms with E-state index in [0.717, 1.165) is 11.1 Å². The van der Waals surface area contributed by atoms with E-state index in [1.807, 2.05) is 37.4 Å². The minimum absolute atomic E-state index is 0.0429. The van der Waals surface area contributed by atoms with Crippen LogP contribution >= 0.6 is 18.6 Å². The Morgan fingerprint density at radius 3 is 2.36 bits per heavy atom. The molecule has 25 heavy (non-hydrogen) atoms. The Morgan fingerprint density at radius 2 is 1.72 bits per heavy atom. The first-order valence-electron chi connectivity index (χ1n) is 8.78. The second-order valence-corrected chi connectivity index (χ2v) is 79.4. The number of halogens is 2. The standard InChI is InChI=1S/C13H9.C4H11OSi.CH3.2ClH.O.H3Si.Ti/c1-3-7-12-10(5-1)9-11-6-2-4-8-13(11)12;1-6(2)4-3-5;;;;;;/h1-5,7-8H,9H2;5H,3-4H2,1-2H3;1H3;2*1H;;1H3;/q;;;;;;;+2/p-2. The summed E-state index contributed by atoms with van der Waals surface area (Å²) in [5, 5.41) is 11.3. The van der Waals surface area contributed by atoms with Crippen molar-refractivity contribution in [1.82, 2.24) is 0 Å². The first kappa shape index (κ1) is 19.7. The van der Waals surface area contributed by atoms with E-state index in [-0.39, 0.29) is 14.7 Å². The third kappa shape index (κ3) is 2.57. The molecular formula is C18H26Cl2O2Si2Ti. The first-order valence-corrected chi connectivity index (χ1v) is 27.3. The van der Waals surface area contributed by atoms with Gasteiger partial charge >= 0.3 is 156 Å². The van der Waals surface area contributed by atoms with Crippen molar-refractivity contribution in [3.8, 4) is 11.1 Å². The predicted octanol–water partition coefficient (Wildman–Crippen LogP) is 3.82. The number of rotatable bonds is 4. The van der Waals surface area contributed by atoms with Crippen molar-refractivity contribution in [2.24, 2.45) is 0 Å². The molecule has 0 saturated heterocycles. The fourth-order valence-electron chi connectivity index (χ4n) is 4.12. The van der Waals surface area contributed by atoms with Crippen molar-refractivity contribution in [2.75, 3.05) is 6.61 Å². The molecule has 0 aliphatic heterocycles. The van der Waals surface area contributed by atoms with Crippen LogP contribution in [0.5, 0.6) is 0 Å². The average Bonchev–Trinajstić information content (AvgIpc) is 2.83. The molecule has 0 spiro atoms. The Labute approximate surface area is 155 Å². The molecule has 2 aromatic rings. The fraction of sp³-hybridized carbons (Fsp3) is 0.333. The number of aliphatic hydroxyl groups is 1. The topological polar surface area (TPSA) is 37.3 Å². The van der Waals surface area contributed by atoms with Gasteiger partial charge in [0.05, 0.1) is 0 Å². The van der Waals surface area contributed by atoms with Gasteiger partial charge in [-0.25, -0.2) is 0 Å². The normalized spacial score (nSPS) is 18.6. The second-order valence-electron chi connectivity index (χ2n) is 9.62. The quantitative estimate of drug-likeness (QED) is 0.615. The molecule has 0 saturated carbocycles. The van der Waals surface area contributed by atoms with Gasteiger partial charge in [0.2, 0.25) is 0 Å². The van der Waals surface area contributed by atoms with Crippen LogP contribution in [0.3, 0.4) is 0 Å². The predicted molar refractivity (Wildman–Crippen MR) is 112 cm³/mol. The van der Waals surface area contributed by atoms with Gasteiger partial charge in [0, 0.05) is 0 Å². The van der Waals surface area contributed by atoms with Gasteiger partial charge in [-0.05, 0) is 0 Å². The molecule has 7 heteroatoms. The van der Waals surface area contributed by atoms with Crippen LogP contribution in [-0.2, 0) is 18.8 Å². The summed E-state index contributed by atoms with van der Waals surface area (Å²) in [5.74, 6) is -2.72. The van der Waals surface area contributed by atoms with Gasteiger partial charge in [0.1, 0.15) is 0 Å². The molecule has 0 radical (unpaired) electrons. The van der Waals surface area contributed by atoms with Gasteiger partial charge < -0.3 is 0 Å². The molecule has 0 heterocycles. The maximum absolute atomic E-state index is 15.1. The zero-order chi connectivity index (χ0) is 18.8. The Kier molecular flexibility index (Phi) is 3.67. The summed E-state index contributed by atoms with van der Waals surface area (Å²) in [7, 11) is 8.57. The molecule has 0 atom stereocenters. The average molecular weight is 449 g/mol. The summed E-state index contributed by atoms with van der Waals surface area (Å²) < 4.78 is 15.7. The van der Waals surface area contributed by atoms with Crippen molar-refractivity contribution in [2.45, 2.75) is 30.8 Å². The van der Waals surface area contributed by atoms with Crippen molar-refractivity contribution in [3.63, 3.8) is 0 Å². The van der Waals surface area contributed by atoms with Crippen LogP contribution in [0, 0.1) is 0 Å². The molecule has 0 aromatic heterocycles. The van der Waals surface area contributed by atoms with E-state index in [4.69, 9.17) is 18.6 Å². The van der Waals surface area contributed by atoms with E-state index in [1.54, 1.807) is 5.23 Å². The van der Waals surface area contributed by atoms with Crippen LogP contribution in [0.1, 0.15) is 11.1 Å². The van der Waals surface area contributed by atoms with Crippen molar-refractivity contribution >= 4 is 36.5 Å². The third-order valence-corrected chi connectivity index (χ3v) is 76.1. The zero-order valence-electron chi connectivity index (χ0n) is 15.3. The van der Waals surface area contributed by atoms with E-state index in [0.29, 0.717) is 16.3 Å². The van der Waals surface area contributed by atoms with Crippen molar-refractivity contribution in [3.05, 3.63) is 53.6 Å². The number of aliphatic hydroxyl groups excluding tert-OH is 1. The molecule has 2 nitrogen and oxygen atoms in total. The molecule has 0 fully saturated rings. The molecule has 1 N–H and O–H groups in total. The van der Waals surface area contributed by atoms with Gasteiger partial charge in [-0.1, -0.05) is 0 Å². The van der Waals surface area contributed by atoms with Gasteiger partial charge in [-0.15, -0.1) is 0 Å². The number of benzene rings is 2. The molecule has 2 aromatic carbocycles. The van der Waals surface area contributed by atoms with Crippen LogP contribution in [0.4, 0.5) is 0 Å². The summed E-state index contributed by atoms with van der Waals surface area (Å²) in [6.45, 7) is 3.90. The second kappa shape index (κ2) is 4.66. The first-order chi connectivity index (χ1) is 11.1. The molecule has 0 amide bonds. The van der Waals surface area contributed by atoms with E-state index in [1.165, 1.54) is 11.1 Å². The number of hydrogen-bond acceptors (Lipinski definition) is 2. The SMILES string of the molecule is C[Si](C)(CCO)[Ti]([CH3])(=[O])([SiH3])([Cl])([Cl])[c]1cccc2c1Cc1ccccc1-2. The molecule has 0 bridgehead atoms. The minimum atomic E-state index is -6.25. The maximum atomic E-state index is 15.1. The van der Waals surface area contributed by atoms with E-state index < -0.39 is 15.0 Å². The van der Waals surface area contributed by atoms with Gasteiger partial charge in [-0.3, -0.25) is 0 Å². The molecule has 136 valence electrons. The Hall–Kier alpha value is -0.0719. The van der Waals surface area contributed by atoms with Crippen LogP contribution < -0.4 is 3.87 Å². The Balaban J connectivity index is 2.41. The van der Waals surface area contributed by atoms with E-state index in [9.17, 15) is 5.11 Å². The molecular weight excluding hydrogens is 423 g/mol. The van der Waals surface area contributed by atoms with Crippen molar-refractivity contribution < 1.29 is 17.5 Å². The van der Waals surface area contributed by atoms with Crippen molar-refractivity contribution in [1.29, 1.82) is 0 Å². The van der Waals surface area contributed by atoms with E-state index >= 15 is 3.32 Å². The summed E-state index contributed by atoms with van der Waals surface area (Å²) in [5.41, 5.74) is 4.48. The Morgan fingerprint density at radius 1 is 1.12 bits per heavy atom.